The molecule has 1 fully saturated rings. The Balaban J connectivity index is 2.03. The highest BCUT2D eigenvalue weighted by molar-refractivity contribution is 5.94. The van der Waals surface area contributed by atoms with Crippen molar-refractivity contribution in [2.24, 2.45) is 11.8 Å². The molecular weight excluding hydrogens is 241 g/mol. The van der Waals surface area contributed by atoms with Crippen molar-refractivity contribution in [1.82, 2.24) is 5.32 Å². The third-order valence-corrected chi connectivity index (χ3v) is 4.49. The van der Waals surface area contributed by atoms with Gasteiger partial charge in [-0.15, -0.1) is 0 Å². The maximum Gasteiger partial charge on any atom is 0.251 e. The number of nitrogens with one attached hydrogen (secondary N) is 1. The fourth-order valence-corrected chi connectivity index (χ4v) is 3.07. The lowest BCUT2D eigenvalue weighted by Gasteiger charge is -2.21. The van der Waals surface area contributed by atoms with Crippen molar-refractivity contribution in [2.75, 3.05) is 0 Å². The van der Waals surface area contributed by atoms with Crippen molar-refractivity contribution in [1.29, 1.82) is 0 Å². The van der Waals surface area contributed by atoms with Gasteiger partial charge in [0, 0.05) is 11.6 Å². The maximum atomic E-state index is 13.2. The Labute approximate surface area is 114 Å². The molecule has 0 heterocycles. The second-order valence-corrected chi connectivity index (χ2v) is 5.65. The van der Waals surface area contributed by atoms with Crippen LogP contribution in [0.5, 0.6) is 0 Å². The number of amides is 1. The van der Waals surface area contributed by atoms with E-state index in [-0.39, 0.29) is 17.8 Å². The van der Waals surface area contributed by atoms with E-state index in [1.807, 2.05) is 0 Å². The molecule has 3 unspecified atom stereocenters. The average molecular weight is 263 g/mol. The van der Waals surface area contributed by atoms with Gasteiger partial charge in [-0.1, -0.05) is 20.3 Å². The van der Waals surface area contributed by atoms with E-state index in [0.717, 1.165) is 6.42 Å². The molecule has 2 nitrogen and oxygen atoms in total. The molecule has 1 aliphatic carbocycles. The van der Waals surface area contributed by atoms with E-state index in [2.05, 4.69) is 19.2 Å². The van der Waals surface area contributed by atoms with Crippen LogP contribution in [-0.2, 0) is 0 Å². The molecule has 1 N–H and O–H groups in total. The fourth-order valence-electron chi connectivity index (χ4n) is 3.07. The Kier molecular flexibility index (Phi) is 4.23. The van der Waals surface area contributed by atoms with Crippen LogP contribution in [0.4, 0.5) is 4.39 Å². The summed E-state index contributed by atoms with van der Waals surface area (Å²) < 4.78 is 13.2. The van der Waals surface area contributed by atoms with Crippen LogP contribution in [0.1, 0.15) is 49.0 Å². The number of carbonyl (C=O) groups is 1. The van der Waals surface area contributed by atoms with Gasteiger partial charge >= 0.3 is 0 Å². The molecule has 3 atom stereocenters. The molecule has 0 aliphatic heterocycles. The van der Waals surface area contributed by atoms with Crippen molar-refractivity contribution >= 4 is 5.91 Å². The van der Waals surface area contributed by atoms with Gasteiger partial charge in [-0.2, -0.15) is 0 Å². The molecule has 0 spiro atoms. The molecule has 0 aromatic heterocycles. The number of rotatable bonds is 3. The largest absolute Gasteiger partial charge is 0.349 e. The number of aryl methyl sites for hydroxylation is 1. The zero-order valence-electron chi connectivity index (χ0n) is 11.9. The topological polar surface area (TPSA) is 29.1 Å². The van der Waals surface area contributed by atoms with Crippen molar-refractivity contribution in [3.8, 4) is 0 Å². The third kappa shape index (κ3) is 2.96. The zero-order valence-corrected chi connectivity index (χ0v) is 11.9. The molecule has 19 heavy (non-hydrogen) atoms. The molecule has 1 aliphatic rings. The van der Waals surface area contributed by atoms with Crippen molar-refractivity contribution in [2.45, 2.75) is 46.1 Å². The fraction of sp³-hybridized carbons (Fsp3) is 0.562. The maximum absolute atomic E-state index is 13.2. The summed E-state index contributed by atoms with van der Waals surface area (Å²) >= 11 is 0. The van der Waals surface area contributed by atoms with Crippen LogP contribution in [0.25, 0.3) is 0 Å². The summed E-state index contributed by atoms with van der Waals surface area (Å²) in [4.78, 5) is 12.2. The Bertz CT molecular complexity index is 472. The predicted molar refractivity (Wildman–Crippen MR) is 74.6 cm³/mol. The number of halogens is 1. The second kappa shape index (κ2) is 5.72. The highest BCUT2D eigenvalue weighted by Crippen LogP contribution is 2.33. The summed E-state index contributed by atoms with van der Waals surface area (Å²) in [6.45, 7) is 6.09. The number of hydrogen-bond acceptors (Lipinski definition) is 1. The van der Waals surface area contributed by atoms with Crippen molar-refractivity contribution in [3.63, 3.8) is 0 Å². The summed E-state index contributed by atoms with van der Waals surface area (Å²) in [6.07, 6.45) is 3.40. The first-order valence-electron chi connectivity index (χ1n) is 7.10. The van der Waals surface area contributed by atoms with Crippen molar-refractivity contribution in [3.05, 3.63) is 35.1 Å². The summed E-state index contributed by atoms with van der Waals surface area (Å²) in [5, 5.41) is 3.09. The molecular formula is C16H22FNO. The van der Waals surface area contributed by atoms with Gasteiger partial charge < -0.3 is 5.32 Å². The van der Waals surface area contributed by atoms with Gasteiger partial charge in [0.1, 0.15) is 5.82 Å². The molecule has 1 aromatic rings. The Morgan fingerprint density at radius 3 is 2.74 bits per heavy atom. The smallest absolute Gasteiger partial charge is 0.251 e. The van der Waals surface area contributed by atoms with E-state index in [1.165, 1.54) is 18.9 Å². The first-order chi connectivity index (χ1) is 9.02. The van der Waals surface area contributed by atoms with Crippen LogP contribution in [-0.4, -0.2) is 11.9 Å². The first-order valence-corrected chi connectivity index (χ1v) is 7.10. The third-order valence-electron chi connectivity index (χ3n) is 4.49. The normalized spacial score (nSPS) is 26.4. The molecule has 0 radical (unpaired) electrons. The Hall–Kier alpha value is -1.38. The molecule has 0 bridgehead atoms. The number of carbonyl (C=O) groups excluding carboxylic acids is 1. The standard InChI is InChI=1S/C16H22FNO/c1-4-12-6-8-15(11(12)3)18-16(19)13-5-7-14(17)10(2)9-13/h5,7,9,11-12,15H,4,6,8H2,1-3H3,(H,18,19). The van der Waals surface area contributed by atoms with Gasteiger partial charge in [0.25, 0.3) is 5.91 Å². The Morgan fingerprint density at radius 1 is 1.42 bits per heavy atom. The summed E-state index contributed by atoms with van der Waals surface area (Å²) in [5.74, 6) is 0.879. The molecule has 1 amide bonds. The minimum absolute atomic E-state index is 0.0864. The minimum atomic E-state index is -0.267. The van der Waals surface area contributed by atoms with Gasteiger partial charge in [0.2, 0.25) is 0 Å². The highest BCUT2D eigenvalue weighted by Gasteiger charge is 2.32. The molecule has 104 valence electrons. The zero-order chi connectivity index (χ0) is 14.0. The van der Waals surface area contributed by atoms with Crippen LogP contribution in [0.2, 0.25) is 0 Å². The van der Waals surface area contributed by atoms with Crippen LogP contribution >= 0.6 is 0 Å². The van der Waals surface area contributed by atoms with Crippen LogP contribution < -0.4 is 5.32 Å². The van der Waals surface area contributed by atoms with E-state index >= 15 is 0 Å². The first kappa shape index (κ1) is 14.0. The Morgan fingerprint density at radius 2 is 2.16 bits per heavy atom. The minimum Gasteiger partial charge on any atom is -0.349 e. The number of hydrogen-bond donors (Lipinski definition) is 1. The van der Waals surface area contributed by atoms with Crippen molar-refractivity contribution < 1.29 is 9.18 Å². The average Bonchev–Trinajstić information content (AvgIpc) is 2.73. The van der Waals surface area contributed by atoms with Gasteiger partial charge in [-0.25, -0.2) is 4.39 Å². The van der Waals surface area contributed by atoms with Crippen LogP contribution in [0.3, 0.4) is 0 Å². The highest BCUT2D eigenvalue weighted by atomic mass is 19.1. The van der Waals surface area contributed by atoms with E-state index < -0.39 is 0 Å². The lowest BCUT2D eigenvalue weighted by molar-refractivity contribution is 0.0926. The van der Waals surface area contributed by atoms with Gasteiger partial charge in [-0.3, -0.25) is 4.79 Å². The summed E-state index contributed by atoms with van der Waals surface area (Å²) in [7, 11) is 0. The molecule has 1 aromatic carbocycles. The van der Waals surface area contributed by atoms with E-state index in [4.69, 9.17) is 0 Å². The lowest BCUT2D eigenvalue weighted by atomic mass is 9.93. The lowest BCUT2D eigenvalue weighted by Crippen LogP contribution is -2.37. The van der Waals surface area contributed by atoms with Gasteiger partial charge in [0.05, 0.1) is 0 Å². The monoisotopic (exact) mass is 263 g/mol. The summed E-state index contributed by atoms with van der Waals surface area (Å²) in [5.41, 5.74) is 1.06. The van der Waals surface area contributed by atoms with Gasteiger partial charge in [0.15, 0.2) is 0 Å². The predicted octanol–water partition coefficient (Wildman–Crippen LogP) is 3.69. The summed E-state index contributed by atoms with van der Waals surface area (Å²) in [6, 6.07) is 4.77. The van der Waals surface area contributed by atoms with E-state index in [0.29, 0.717) is 23.0 Å². The molecule has 2 rings (SSSR count). The van der Waals surface area contributed by atoms with Crippen LogP contribution in [0.15, 0.2) is 18.2 Å². The van der Waals surface area contributed by atoms with E-state index in [9.17, 15) is 9.18 Å². The molecule has 0 saturated heterocycles. The van der Waals surface area contributed by atoms with E-state index in [1.54, 1.807) is 19.1 Å². The quantitative estimate of drug-likeness (QED) is 0.885. The SMILES string of the molecule is CCC1CCC(NC(=O)c2ccc(F)c(C)c2)C1C. The van der Waals surface area contributed by atoms with Crippen LogP contribution in [0, 0.1) is 24.6 Å². The van der Waals surface area contributed by atoms with Gasteiger partial charge in [-0.05, 0) is 55.4 Å². The number of benzene rings is 1. The molecule has 3 heteroatoms. The second-order valence-electron chi connectivity index (χ2n) is 5.65. The molecule has 1 saturated carbocycles.